The van der Waals surface area contributed by atoms with E-state index in [-0.39, 0.29) is 51.5 Å². The molecule has 9 heteroatoms. The maximum atomic E-state index is 11.1. The Morgan fingerprint density at radius 1 is 1.00 bits per heavy atom. The van der Waals surface area contributed by atoms with Crippen LogP contribution in [0.5, 0.6) is 0 Å². The fraction of sp³-hybridized carbons (Fsp3) is 0.111. The van der Waals surface area contributed by atoms with Gasteiger partial charge in [0.1, 0.15) is 0 Å². The Hall–Kier alpha value is -1.000. The summed E-state index contributed by atoms with van der Waals surface area (Å²) >= 11 is 0. The van der Waals surface area contributed by atoms with E-state index in [4.69, 9.17) is 0 Å². The second-order valence-electron chi connectivity index (χ2n) is 2.42. The molecule has 0 aromatic heterocycles. The van der Waals surface area contributed by atoms with Crippen molar-refractivity contribution >= 4 is 11.9 Å². The van der Waals surface area contributed by atoms with Gasteiger partial charge in [0.2, 0.25) is 0 Å². The van der Waals surface area contributed by atoms with Crippen LogP contribution < -0.4 is 40.0 Å². The Bertz CT molecular complexity index is 320. The molecule has 0 atom stereocenters. The molecule has 0 saturated carbocycles. The van der Waals surface area contributed by atoms with Crippen LogP contribution >= 0.6 is 0 Å². The van der Waals surface area contributed by atoms with Gasteiger partial charge in [-0.2, -0.15) is 0 Å². The van der Waals surface area contributed by atoms with E-state index in [0.29, 0.717) is 5.56 Å². The number of amides is 1. The van der Waals surface area contributed by atoms with Crippen LogP contribution in [0.25, 0.3) is 0 Å². The summed E-state index contributed by atoms with van der Waals surface area (Å²) in [5, 5.41) is 12.2. The van der Waals surface area contributed by atoms with Gasteiger partial charge in [0.25, 0.3) is 5.91 Å². The molecule has 1 rings (SSSR count). The van der Waals surface area contributed by atoms with Crippen molar-refractivity contribution in [2.45, 2.75) is 0 Å². The fourth-order valence-corrected chi connectivity index (χ4v) is 0.844. The van der Waals surface area contributed by atoms with Gasteiger partial charge in [-0.1, -0.05) is 18.2 Å². The van der Waals surface area contributed by atoms with Crippen LogP contribution in [0.1, 0.15) is 10.4 Å². The van der Waals surface area contributed by atoms with Crippen molar-refractivity contribution in [3.05, 3.63) is 35.9 Å². The Kier molecular flexibility index (Phi) is 26.9. The van der Waals surface area contributed by atoms with Crippen molar-refractivity contribution in [2.75, 3.05) is 6.54 Å². The van der Waals surface area contributed by atoms with Crippen LogP contribution in [-0.4, -0.2) is 40.3 Å². The minimum Gasteiger partial charge on any atom is -0.548 e. The third-order valence-corrected chi connectivity index (χ3v) is 1.43. The second kappa shape index (κ2) is 16.0. The average molecular weight is 273 g/mol. The number of aliphatic carboxylic acids is 1. The van der Waals surface area contributed by atoms with E-state index in [0.717, 1.165) is 0 Å². The van der Waals surface area contributed by atoms with Gasteiger partial charge in [0, 0.05) is 5.56 Å². The first kappa shape index (κ1) is 30.2. The van der Waals surface area contributed by atoms with E-state index in [1.807, 2.05) is 0 Å². The molecule has 8 nitrogen and oxygen atoms in total. The first-order chi connectivity index (χ1) is 6.20. The molecule has 0 spiro atoms. The largest absolute Gasteiger partial charge is 1.00 e. The molecule has 1 aromatic rings. The zero-order valence-electron chi connectivity index (χ0n) is 9.82. The third kappa shape index (κ3) is 11.5. The first-order valence-electron chi connectivity index (χ1n) is 3.73. The quantitative estimate of drug-likeness (QED) is 0.535. The number of nitrogens with one attached hydrogen (secondary N) is 1. The van der Waals surface area contributed by atoms with E-state index in [2.05, 4.69) is 5.32 Å². The van der Waals surface area contributed by atoms with Crippen molar-refractivity contribution < 1.29 is 66.2 Å². The van der Waals surface area contributed by atoms with Gasteiger partial charge >= 0.3 is 29.6 Å². The molecule has 0 aliphatic rings. The molecule has 0 saturated heterocycles. The van der Waals surface area contributed by atoms with E-state index in [1.54, 1.807) is 30.3 Å². The summed E-state index contributed by atoms with van der Waals surface area (Å²) in [6, 6.07) is 8.38. The van der Waals surface area contributed by atoms with Gasteiger partial charge in [0.15, 0.2) is 0 Å². The number of carbonyl (C=O) groups excluding carboxylic acids is 2. The van der Waals surface area contributed by atoms with Gasteiger partial charge in [-0.15, -0.1) is 0 Å². The van der Waals surface area contributed by atoms with Gasteiger partial charge < -0.3 is 37.1 Å². The monoisotopic (exact) mass is 273 g/mol. The maximum absolute atomic E-state index is 11.1. The number of rotatable bonds is 3. The van der Waals surface area contributed by atoms with Crippen LogP contribution in [0.3, 0.4) is 0 Å². The number of carboxylic acids is 1. The van der Waals surface area contributed by atoms with Crippen molar-refractivity contribution in [1.29, 1.82) is 0 Å². The SMILES string of the molecule is O.O.O.O.O=C([O-])CNC(=O)c1ccccc1.[Na+]. The predicted molar refractivity (Wildman–Crippen MR) is 58.2 cm³/mol. The number of hydrogen-bond acceptors (Lipinski definition) is 3. The van der Waals surface area contributed by atoms with Crippen LogP contribution in [0.15, 0.2) is 30.3 Å². The van der Waals surface area contributed by atoms with Gasteiger partial charge in [0.05, 0.1) is 12.5 Å². The van der Waals surface area contributed by atoms with Crippen LogP contribution in [-0.2, 0) is 4.79 Å². The first-order valence-corrected chi connectivity index (χ1v) is 3.73. The smallest absolute Gasteiger partial charge is 0.548 e. The molecule has 0 aliphatic carbocycles. The van der Waals surface area contributed by atoms with E-state index in [9.17, 15) is 14.7 Å². The summed E-state index contributed by atoms with van der Waals surface area (Å²) < 4.78 is 0. The van der Waals surface area contributed by atoms with Crippen LogP contribution in [0, 0.1) is 0 Å². The standard InChI is InChI=1S/C9H9NO3.Na.4H2O/c11-8(12)6-10-9(13)7-4-2-1-3-5-7;;;;;/h1-5H,6H2,(H,10,13)(H,11,12);;4*1H2/q;+1;;;;/p-1. The molecule has 0 heterocycles. The third-order valence-electron chi connectivity index (χ3n) is 1.43. The Balaban J connectivity index is -0.000000113. The van der Waals surface area contributed by atoms with Crippen molar-refractivity contribution in [3.63, 3.8) is 0 Å². The second-order valence-corrected chi connectivity index (χ2v) is 2.42. The van der Waals surface area contributed by atoms with E-state index < -0.39 is 18.4 Å². The molecular formula is C9H16NNaO7. The molecule has 0 bridgehead atoms. The predicted octanol–water partition coefficient (Wildman–Crippen LogP) is -7.13. The van der Waals surface area contributed by atoms with Gasteiger partial charge in [-0.05, 0) is 12.1 Å². The Morgan fingerprint density at radius 3 is 1.83 bits per heavy atom. The molecule has 0 aliphatic heterocycles. The van der Waals surface area contributed by atoms with Crippen molar-refractivity contribution in [1.82, 2.24) is 5.32 Å². The van der Waals surface area contributed by atoms with E-state index >= 15 is 0 Å². The summed E-state index contributed by atoms with van der Waals surface area (Å²) in [6.07, 6.45) is 0. The van der Waals surface area contributed by atoms with Gasteiger partial charge in [-0.25, -0.2) is 0 Å². The number of benzene rings is 1. The van der Waals surface area contributed by atoms with Crippen LogP contribution in [0.2, 0.25) is 0 Å². The summed E-state index contributed by atoms with van der Waals surface area (Å²) in [4.78, 5) is 21.2. The molecule has 9 N–H and O–H groups in total. The molecule has 100 valence electrons. The molecule has 0 radical (unpaired) electrons. The normalized spacial score (nSPS) is 6.67. The molecule has 0 unspecified atom stereocenters. The average Bonchev–Trinajstić information content (AvgIpc) is 2.15. The van der Waals surface area contributed by atoms with Crippen molar-refractivity contribution in [3.8, 4) is 0 Å². The zero-order chi connectivity index (χ0) is 9.68. The summed E-state index contributed by atoms with van der Waals surface area (Å²) in [5.41, 5.74) is 0.434. The molecule has 1 amide bonds. The summed E-state index contributed by atoms with van der Waals surface area (Å²) in [6.45, 7) is -0.465. The summed E-state index contributed by atoms with van der Waals surface area (Å²) in [7, 11) is 0. The number of carbonyl (C=O) groups is 2. The Morgan fingerprint density at radius 2 is 1.44 bits per heavy atom. The van der Waals surface area contributed by atoms with Crippen LogP contribution in [0.4, 0.5) is 0 Å². The maximum Gasteiger partial charge on any atom is 1.00 e. The van der Waals surface area contributed by atoms with E-state index in [1.165, 1.54) is 0 Å². The minimum absolute atomic E-state index is 0. The number of hydrogen-bond donors (Lipinski definition) is 1. The Labute approximate surface area is 126 Å². The van der Waals surface area contributed by atoms with Gasteiger partial charge in [-0.3, -0.25) is 4.79 Å². The fourth-order valence-electron chi connectivity index (χ4n) is 0.844. The molecule has 18 heavy (non-hydrogen) atoms. The molecular weight excluding hydrogens is 257 g/mol. The molecule has 1 aromatic carbocycles. The topological polar surface area (TPSA) is 195 Å². The number of carboxylic acid groups (broad SMARTS) is 1. The molecule has 0 fully saturated rings. The van der Waals surface area contributed by atoms with Crippen molar-refractivity contribution in [2.24, 2.45) is 0 Å². The summed E-state index contributed by atoms with van der Waals surface area (Å²) in [5.74, 6) is -1.71. The minimum atomic E-state index is -1.30. The zero-order valence-corrected chi connectivity index (χ0v) is 11.8.